The molecule has 0 bridgehead atoms. The van der Waals surface area contributed by atoms with E-state index in [1.807, 2.05) is 0 Å². The van der Waals surface area contributed by atoms with E-state index in [1.54, 1.807) is 6.07 Å². The Kier molecular flexibility index (Phi) is 14.1. The van der Waals surface area contributed by atoms with Crippen molar-refractivity contribution in [2.45, 2.75) is 36.6 Å². The van der Waals surface area contributed by atoms with Crippen LogP contribution in [0.1, 0.15) is 6.23 Å². The number of nitrogens with one attached hydrogen (secondary N) is 1. The number of aliphatic hydroxyl groups is 2. The number of nitrogen functional groups attached to an aromatic ring is 1. The predicted molar refractivity (Wildman–Crippen MR) is 153 cm³/mol. The lowest BCUT2D eigenvalue weighted by atomic mass is 10.1. The van der Waals surface area contributed by atoms with E-state index >= 15 is 0 Å². The van der Waals surface area contributed by atoms with Crippen molar-refractivity contribution in [3.63, 3.8) is 0 Å². The first-order valence-corrected chi connectivity index (χ1v) is 15.9. The van der Waals surface area contributed by atoms with Gasteiger partial charge < -0.3 is 61.7 Å². The summed E-state index contributed by atoms with van der Waals surface area (Å²) in [4.78, 5) is 59.7. The fraction of sp³-hybridized carbons (Fsp3) is 0.450. The normalized spacial score (nSPS) is 21.0. The van der Waals surface area contributed by atoms with Crippen molar-refractivity contribution in [3.05, 3.63) is 35.1 Å². The molecule has 1 saturated heterocycles. The average molecular weight is 688 g/mol. The van der Waals surface area contributed by atoms with Crippen molar-refractivity contribution >= 4 is 58.5 Å². The summed E-state index contributed by atoms with van der Waals surface area (Å²) in [5.41, 5.74) is 15.3. The highest BCUT2D eigenvalue weighted by molar-refractivity contribution is 8.76. The number of nitrogens with two attached hydrogens (primary N) is 3. The molecule has 246 valence electrons. The number of aliphatic carboxylic acids is 2. The second-order valence-corrected chi connectivity index (χ2v) is 12.3. The quantitative estimate of drug-likeness (QED) is 0.0568. The van der Waals surface area contributed by atoms with Crippen LogP contribution in [-0.4, -0.2) is 115 Å². The van der Waals surface area contributed by atoms with E-state index in [9.17, 15) is 29.2 Å². The summed E-state index contributed by atoms with van der Waals surface area (Å²) in [6.45, 7) is -0.651. The average Bonchev–Trinajstić information content (AvgIpc) is 3.65. The maximum Gasteiger partial charge on any atom is 0.469 e. The first kappa shape index (κ1) is 37.0. The number of H-pyrrole nitrogens is 1. The fourth-order valence-electron chi connectivity index (χ4n) is 3.05. The summed E-state index contributed by atoms with van der Waals surface area (Å²) in [5, 5.41) is 45.2. The van der Waals surface area contributed by atoms with E-state index in [-0.39, 0.29) is 34.6 Å². The van der Waals surface area contributed by atoms with Gasteiger partial charge in [-0.1, -0.05) is 21.6 Å². The molecule has 14 N–H and O–H groups in total. The number of hydrogen-bond donors (Lipinski definition) is 11. The fourth-order valence-corrected chi connectivity index (χ4v) is 5.62. The topological polar surface area (TPSA) is 366 Å². The van der Waals surface area contributed by atoms with Gasteiger partial charge in [0.1, 0.15) is 30.4 Å². The molecule has 0 saturated carbocycles. The van der Waals surface area contributed by atoms with E-state index in [0.29, 0.717) is 0 Å². The molecule has 1 aliphatic rings. The van der Waals surface area contributed by atoms with Crippen LogP contribution in [0.3, 0.4) is 0 Å². The van der Waals surface area contributed by atoms with E-state index in [1.165, 1.54) is 44.8 Å². The molecule has 44 heavy (non-hydrogen) atoms. The number of furan rings is 1. The van der Waals surface area contributed by atoms with E-state index in [0.717, 1.165) is 0 Å². The molecular weight excluding hydrogens is 657 g/mol. The number of nitrogens with zero attached hydrogens (tertiary/aromatic N) is 3. The molecular formula is C20H30N7O14PS2. The third-order valence-corrected chi connectivity index (χ3v) is 8.15. The molecule has 21 nitrogen and oxygen atoms in total. The number of aromatic nitrogens is 4. The molecule has 2 unspecified atom stereocenters. The van der Waals surface area contributed by atoms with Gasteiger partial charge in [-0.25, -0.2) is 9.55 Å². The molecule has 24 heteroatoms. The monoisotopic (exact) mass is 687 g/mol. The Morgan fingerprint density at radius 2 is 1.73 bits per heavy atom. The predicted octanol–water partition coefficient (Wildman–Crippen LogP) is -2.39. The molecule has 0 amide bonds. The summed E-state index contributed by atoms with van der Waals surface area (Å²) in [6, 6.07) is 1.25. The Hall–Kier alpha value is -3.22. The van der Waals surface area contributed by atoms with Crippen molar-refractivity contribution in [3.8, 4) is 5.95 Å². The number of aromatic amines is 1. The van der Waals surface area contributed by atoms with Gasteiger partial charge in [-0.05, 0) is 6.07 Å². The number of fused-ring (bicyclic) bond motifs is 1. The summed E-state index contributed by atoms with van der Waals surface area (Å²) >= 11 is 0. The molecule has 1 fully saturated rings. The van der Waals surface area contributed by atoms with Crippen molar-refractivity contribution < 1.29 is 63.2 Å². The van der Waals surface area contributed by atoms with Crippen LogP contribution in [0.4, 0.5) is 5.95 Å². The molecule has 1 aliphatic heterocycles. The number of imidazole rings is 1. The van der Waals surface area contributed by atoms with Crippen LogP contribution in [0.5, 0.6) is 5.95 Å². The number of carboxylic acids is 2. The lowest BCUT2D eigenvalue weighted by Crippen LogP contribution is -2.33. The second kappa shape index (κ2) is 16.7. The summed E-state index contributed by atoms with van der Waals surface area (Å²) in [5.74, 6) is -1.89. The number of aromatic hydroxyl groups is 1. The van der Waals surface area contributed by atoms with Gasteiger partial charge in [0.05, 0.1) is 19.2 Å². The lowest BCUT2D eigenvalue weighted by molar-refractivity contribution is -0.138. The van der Waals surface area contributed by atoms with Crippen LogP contribution < -0.4 is 22.8 Å². The zero-order valence-corrected chi connectivity index (χ0v) is 24.7. The zero-order chi connectivity index (χ0) is 33.2. The first-order valence-electron chi connectivity index (χ1n) is 11.9. The van der Waals surface area contributed by atoms with Gasteiger partial charge in [0.2, 0.25) is 5.95 Å². The van der Waals surface area contributed by atoms with Crippen LogP contribution in [0.15, 0.2) is 33.9 Å². The van der Waals surface area contributed by atoms with Crippen molar-refractivity contribution in [1.82, 2.24) is 19.5 Å². The van der Waals surface area contributed by atoms with Crippen molar-refractivity contribution in [2.75, 3.05) is 23.8 Å². The number of carbonyl (C=O) groups is 2. The molecule has 3 aromatic rings. The molecule has 6 atom stereocenters. The number of anilines is 1. The maximum atomic E-state index is 11.7. The number of phosphoric ester groups is 1. The highest BCUT2D eigenvalue weighted by atomic mass is 33.1. The highest BCUT2D eigenvalue weighted by Gasteiger charge is 2.45. The van der Waals surface area contributed by atoms with Gasteiger partial charge in [0.25, 0.3) is 11.5 Å². The smallest absolute Gasteiger partial charge is 0.469 e. The minimum atomic E-state index is -4.76. The molecule has 4 rings (SSSR count). The summed E-state index contributed by atoms with van der Waals surface area (Å²) < 4.78 is 26.0. The molecule has 4 heterocycles. The number of carboxylic acid groups (broad SMARTS) is 2. The molecule has 0 spiro atoms. The van der Waals surface area contributed by atoms with Crippen LogP contribution in [-0.2, 0) is 23.4 Å². The minimum Gasteiger partial charge on any atom is -0.481 e. The third kappa shape index (κ3) is 11.4. The Bertz CT molecular complexity index is 1450. The minimum absolute atomic E-state index is 0.0176. The molecule has 3 aromatic heterocycles. The number of rotatable bonds is 11. The molecule has 0 aliphatic carbocycles. The lowest BCUT2D eigenvalue weighted by Gasteiger charge is -2.16. The van der Waals surface area contributed by atoms with E-state index in [4.69, 9.17) is 47.0 Å². The first-order chi connectivity index (χ1) is 20.5. The Morgan fingerprint density at radius 3 is 2.18 bits per heavy atom. The van der Waals surface area contributed by atoms with E-state index in [2.05, 4.69) is 23.9 Å². The number of ether oxygens (including phenoxy) is 1. The Balaban J connectivity index is 0.000000284. The highest BCUT2D eigenvalue weighted by Crippen LogP contribution is 2.38. The third-order valence-electron chi connectivity index (χ3n) is 5.19. The van der Waals surface area contributed by atoms with Gasteiger partial charge in [-0.2, -0.15) is 4.98 Å². The Morgan fingerprint density at radius 1 is 1.14 bits per heavy atom. The SMILES string of the molecule is NC(CSSCC(N)C(=O)O)C(=O)O.Nc1nc2c(ncn2[C@@H]2O[C@H](COP(=O)(O)O)[C@@H](O)[C@H]2O)c(=O)[nH]1.Oc1ccco1. The molecule has 0 radical (unpaired) electrons. The number of hydrogen-bond acceptors (Lipinski definition) is 17. The largest absolute Gasteiger partial charge is 0.481 e. The van der Waals surface area contributed by atoms with Crippen LogP contribution in [0, 0.1) is 0 Å². The van der Waals surface area contributed by atoms with Crippen LogP contribution in [0.2, 0.25) is 0 Å². The van der Waals surface area contributed by atoms with Crippen LogP contribution >= 0.6 is 29.4 Å². The summed E-state index contributed by atoms with van der Waals surface area (Å²) in [6.07, 6.45) is -2.80. The second-order valence-electron chi connectivity index (χ2n) is 8.52. The van der Waals surface area contributed by atoms with Crippen LogP contribution in [0.25, 0.3) is 11.2 Å². The van der Waals surface area contributed by atoms with Gasteiger partial charge >= 0.3 is 19.8 Å². The standard InChI is InChI=1S/C10H14N5O8P.C6H12N2O4S2.C4H4O2/c11-10-13-7-4(8(18)14-10)12-2-15(7)9-6(17)5(16)3(23-9)1-22-24(19,20)21;7-3(5(9)10)1-13-14-2-4(8)6(11)12;5-4-2-1-3-6-4/h2-3,5-6,9,16-17H,1H2,(H2,19,20,21)(H3,11,13,14,18);3-4H,1-2,7-8H2,(H,9,10)(H,11,12);1-3,5H/t3-,5-,6-,9-;;/m1../s1. The number of aliphatic hydroxyl groups excluding tert-OH is 2. The van der Waals surface area contributed by atoms with E-state index < -0.39 is 68.6 Å². The van der Waals surface area contributed by atoms with Gasteiger partial charge in [-0.15, -0.1) is 0 Å². The van der Waals surface area contributed by atoms with Gasteiger partial charge in [0.15, 0.2) is 17.4 Å². The van der Waals surface area contributed by atoms with Crippen molar-refractivity contribution in [2.24, 2.45) is 11.5 Å². The van der Waals surface area contributed by atoms with Crippen molar-refractivity contribution in [1.29, 1.82) is 0 Å². The maximum absolute atomic E-state index is 11.7. The van der Waals surface area contributed by atoms with Gasteiger partial charge in [0, 0.05) is 17.6 Å². The Labute approximate surface area is 254 Å². The van der Waals surface area contributed by atoms with Gasteiger partial charge in [-0.3, -0.25) is 28.5 Å². The molecule has 0 aromatic carbocycles. The zero-order valence-electron chi connectivity index (χ0n) is 22.2. The number of phosphoric acid groups is 1. The summed E-state index contributed by atoms with van der Waals surface area (Å²) in [7, 11) is -2.36.